The van der Waals surface area contributed by atoms with Crippen LogP contribution < -0.4 is 5.32 Å². The van der Waals surface area contributed by atoms with Crippen LogP contribution in [0.25, 0.3) is 32.9 Å². The second kappa shape index (κ2) is 6.66. The number of hydrogen-bond donors (Lipinski definition) is 1. The van der Waals surface area contributed by atoms with Crippen molar-refractivity contribution < 1.29 is 4.42 Å². The number of pyridine rings is 1. The molecule has 3 heterocycles. The number of para-hydroxylation sites is 2. The molecule has 0 aliphatic heterocycles. The van der Waals surface area contributed by atoms with Crippen molar-refractivity contribution in [3.63, 3.8) is 0 Å². The lowest BCUT2D eigenvalue weighted by Crippen LogP contribution is -1.90. The number of hydrogen-bond acceptors (Lipinski definition) is 6. The van der Waals surface area contributed by atoms with Crippen molar-refractivity contribution in [2.75, 3.05) is 5.32 Å². The van der Waals surface area contributed by atoms with E-state index in [2.05, 4.69) is 20.7 Å². The number of thiazole rings is 1. The quantitative estimate of drug-likeness (QED) is 0.436. The normalized spacial score (nSPS) is 11.0. The molecule has 27 heavy (non-hydrogen) atoms. The van der Waals surface area contributed by atoms with Gasteiger partial charge in [-0.05, 0) is 36.4 Å². The summed E-state index contributed by atoms with van der Waals surface area (Å²) in [6.45, 7) is 0. The van der Waals surface area contributed by atoms with E-state index in [1.807, 2.05) is 60.7 Å². The molecule has 0 bridgehead atoms. The highest BCUT2D eigenvalue weighted by Gasteiger charge is 2.09. The molecule has 6 heteroatoms. The summed E-state index contributed by atoms with van der Waals surface area (Å²) < 4.78 is 5.74. The van der Waals surface area contributed by atoms with Gasteiger partial charge < -0.3 is 9.73 Å². The van der Waals surface area contributed by atoms with Gasteiger partial charge in [-0.3, -0.25) is 4.98 Å². The predicted molar refractivity (Wildman–Crippen MR) is 108 cm³/mol. The zero-order valence-corrected chi connectivity index (χ0v) is 15.0. The predicted octanol–water partition coefficient (Wildman–Crippen LogP) is 5.76. The Labute approximate surface area is 159 Å². The summed E-state index contributed by atoms with van der Waals surface area (Å²) in [5.41, 5.74) is 5.54. The Morgan fingerprint density at radius 2 is 1.74 bits per heavy atom. The summed E-state index contributed by atoms with van der Waals surface area (Å²) in [6.07, 6.45) is 3.56. The van der Waals surface area contributed by atoms with Crippen LogP contribution in [-0.4, -0.2) is 15.0 Å². The number of aromatic nitrogens is 3. The number of nitrogens with one attached hydrogen (secondary N) is 1. The molecular weight excluding hydrogens is 356 g/mol. The van der Waals surface area contributed by atoms with Gasteiger partial charge in [0.1, 0.15) is 10.5 Å². The van der Waals surface area contributed by atoms with Crippen LogP contribution in [0.2, 0.25) is 0 Å². The molecule has 5 nitrogen and oxygen atoms in total. The number of oxazole rings is 1. The lowest BCUT2D eigenvalue weighted by atomic mass is 10.1. The molecule has 130 valence electrons. The molecule has 2 aromatic carbocycles. The zero-order chi connectivity index (χ0) is 18.1. The SMILES string of the molecule is c1cc(Nc2nc3ccccc3o2)cc(-c2csc(-c3ccncc3)n2)c1. The number of nitrogens with zero attached hydrogens (tertiary/aromatic N) is 3. The van der Waals surface area contributed by atoms with Crippen LogP contribution in [0.3, 0.4) is 0 Å². The zero-order valence-electron chi connectivity index (χ0n) is 14.2. The van der Waals surface area contributed by atoms with Gasteiger partial charge in [0, 0.05) is 34.6 Å². The molecule has 0 spiro atoms. The van der Waals surface area contributed by atoms with Crippen molar-refractivity contribution in [2.45, 2.75) is 0 Å². The molecule has 1 N–H and O–H groups in total. The van der Waals surface area contributed by atoms with Gasteiger partial charge in [-0.15, -0.1) is 11.3 Å². The van der Waals surface area contributed by atoms with Gasteiger partial charge in [0.25, 0.3) is 6.01 Å². The Morgan fingerprint density at radius 3 is 2.63 bits per heavy atom. The second-order valence-electron chi connectivity index (χ2n) is 5.97. The van der Waals surface area contributed by atoms with Crippen molar-refractivity contribution in [1.82, 2.24) is 15.0 Å². The average molecular weight is 370 g/mol. The van der Waals surface area contributed by atoms with Gasteiger partial charge in [0.05, 0.1) is 5.69 Å². The van der Waals surface area contributed by atoms with E-state index in [1.54, 1.807) is 23.7 Å². The highest BCUT2D eigenvalue weighted by molar-refractivity contribution is 7.13. The average Bonchev–Trinajstić information content (AvgIpc) is 3.36. The molecule has 0 fully saturated rings. The lowest BCUT2D eigenvalue weighted by molar-refractivity contribution is 0.623. The van der Waals surface area contributed by atoms with Gasteiger partial charge in [0.2, 0.25) is 0 Å². The summed E-state index contributed by atoms with van der Waals surface area (Å²) in [5.74, 6) is 0. The topological polar surface area (TPSA) is 63.8 Å². The minimum Gasteiger partial charge on any atom is -0.423 e. The fraction of sp³-hybridized carbons (Fsp3) is 0. The van der Waals surface area contributed by atoms with Crippen molar-refractivity contribution in [3.8, 4) is 21.8 Å². The Bertz CT molecular complexity index is 1180. The summed E-state index contributed by atoms with van der Waals surface area (Å²) in [7, 11) is 0. The fourth-order valence-electron chi connectivity index (χ4n) is 2.84. The van der Waals surface area contributed by atoms with E-state index in [4.69, 9.17) is 9.40 Å². The maximum atomic E-state index is 5.74. The van der Waals surface area contributed by atoms with Gasteiger partial charge in [-0.25, -0.2) is 4.98 Å². The smallest absolute Gasteiger partial charge is 0.300 e. The third-order valence-corrected chi connectivity index (χ3v) is 5.03. The van der Waals surface area contributed by atoms with E-state index >= 15 is 0 Å². The Hall–Kier alpha value is -3.51. The van der Waals surface area contributed by atoms with Crippen molar-refractivity contribution >= 4 is 34.1 Å². The van der Waals surface area contributed by atoms with Crippen LogP contribution in [0.5, 0.6) is 0 Å². The van der Waals surface area contributed by atoms with Gasteiger partial charge >= 0.3 is 0 Å². The van der Waals surface area contributed by atoms with Crippen LogP contribution in [0.15, 0.2) is 82.9 Å². The summed E-state index contributed by atoms with van der Waals surface area (Å²) in [4.78, 5) is 13.3. The lowest BCUT2D eigenvalue weighted by Gasteiger charge is -2.03. The molecule has 0 amide bonds. The minimum absolute atomic E-state index is 0.476. The first-order valence-corrected chi connectivity index (χ1v) is 9.32. The van der Waals surface area contributed by atoms with Gasteiger partial charge in [-0.2, -0.15) is 4.98 Å². The molecule has 0 aliphatic carbocycles. The molecule has 0 aliphatic rings. The van der Waals surface area contributed by atoms with E-state index in [0.29, 0.717) is 6.01 Å². The molecular formula is C21H14N4OS. The first-order chi connectivity index (χ1) is 13.3. The molecule has 0 unspecified atom stereocenters. The number of fused-ring (bicyclic) bond motifs is 1. The monoisotopic (exact) mass is 370 g/mol. The Balaban J connectivity index is 1.43. The summed E-state index contributed by atoms with van der Waals surface area (Å²) in [5, 5.41) is 6.27. The highest BCUT2D eigenvalue weighted by Crippen LogP contribution is 2.30. The van der Waals surface area contributed by atoms with Crippen LogP contribution >= 0.6 is 11.3 Å². The van der Waals surface area contributed by atoms with Crippen molar-refractivity contribution in [2.24, 2.45) is 0 Å². The summed E-state index contributed by atoms with van der Waals surface area (Å²) >= 11 is 1.62. The largest absolute Gasteiger partial charge is 0.423 e. The Morgan fingerprint density at radius 1 is 0.852 bits per heavy atom. The number of anilines is 2. The first-order valence-electron chi connectivity index (χ1n) is 8.44. The minimum atomic E-state index is 0.476. The van der Waals surface area contributed by atoms with Crippen molar-refractivity contribution in [1.29, 1.82) is 0 Å². The maximum absolute atomic E-state index is 5.74. The van der Waals surface area contributed by atoms with E-state index in [1.165, 1.54) is 0 Å². The third-order valence-electron chi connectivity index (χ3n) is 4.13. The van der Waals surface area contributed by atoms with Crippen LogP contribution in [0.4, 0.5) is 11.7 Å². The van der Waals surface area contributed by atoms with Crippen LogP contribution in [-0.2, 0) is 0 Å². The molecule has 0 atom stereocenters. The molecule has 0 radical (unpaired) electrons. The number of benzene rings is 2. The van der Waals surface area contributed by atoms with E-state index in [-0.39, 0.29) is 0 Å². The van der Waals surface area contributed by atoms with E-state index in [0.717, 1.165) is 38.6 Å². The second-order valence-corrected chi connectivity index (χ2v) is 6.82. The third kappa shape index (κ3) is 3.18. The number of rotatable bonds is 4. The molecule has 5 rings (SSSR count). The molecule has 5 aromatic rings. The fourth-order valence-corrected chi connectivity index (χ4v) is 3.67. The first kappa shape index (κ1) is 15.7. The van der Waals surface area contributed by atoms with E-state index in [9.17, 15) is 0 Å². The van der Waals surface area contributed by atoms with E-state index < -0.39 is 0 Å². The van der Waals surface area contributed by atoms with Crippen LogP contribution in [0.1, 0.15) is 0 Å². The van der Waals surface area contributed by atoms with Crippen LogP contribution in [0, 0.1) is 0 Å². The van der Waals surface area contributed by atoms with Gasteiger partial charge in [-0.1, -0.05) is 24.3 Å². The Kier molecular flexibility index (Phi) is 3.88. The standard InChI is InChI=1S/C21H14N4OS/c1-2-7-19-17(6-1)25-21(26-19)23-16-5-3-4-15(12-16)18-13-27-20(24-18)14-8-10-22-11-9-14/h1-13H,(H,23,25). The molecule has 0 saturated heterocycles. The molecule has 3 aromatic heterocycles. The molecule has 0 saturated carbocycles. The highest BCUT2D eigenvalue weighted by atomic mass is 32.1. The van der Waals surface area contributed by atoms with Gasteiger partial charge in [0.15, 0.2) is 5.58 Å². The maximum Gasteiger partial charge on any atom is 0.300 e. The van der Waals surface area contributed by atoms with Crippen molar-refractivity contribution in [3.05, 3.63) is 78.4 Å². The summed E-state index contributed by atoms with van der Waals surface area (Å²) in [6, 6.07) is 20.2.